The van der Waals surface area contributed by atoms with Crippen molar-refractivity contribution in [1.82, 2.24) is 20.0 Å². The molecule has 2 N–H and O–H groups in total. The molecule has 7 nitrogen and oxygen atoms in total. The number of rotatable bonds is 7. The van der Waals surface area contributed by atoms with Gasteiger partial charge in [-0.3, -0.25) is 9.59 Å². The SMILES string of the molecule is CN(C)C(=O)CNC(=O)c1ccc(NCc2cnn(-c3ccccc3F)c2)cc1Cl. The number of nitrogens with one attached hydrogen (secondary N) is 2. The minimum atomic E-state index is -0.423. The third-order valence-corrected chi connectivity index (χ3v) is 4.66. The fourth-order valence-corrected chi connectivity index (χ4v) is 2.91. The Hall–Kier alpha value is -3.39. The number of para-hydroxylation sites is 1. The number of hydrogen-bond donors (Lipinski definition) is 2. The van der Waals surface area contributed by atoms with Gasteiger partial charge in [-0.1, -0.05) is 23.7 Å². The Morgan fingerprint density at radius 3 is 2.67 bits per heavy atom. The van der Waals surface area contributed by atoms with Gasteiger partial charge in [0.05, 0.1) is 23.3 Å². The van der Waals surface area contributed by atoms with Crippen molar-refractivity contribution < 1.29 is 14.0 Å². The fraction of sp³-hybridized carbons (Fsp3) is 0.190. The molecule has 0 radical (unpaired) electrons. The van der Waals surface area contributed by atoms with E-state index < -0.39 is 5.91 Å². The Morgan fingerprint density at radius 1 is 1.20 bits per heavy atom. The molecule has 0 saturated carbocycles. The summed E-state index contributed by atoms with van der Waals surface area (Å²) in [5.41, 5.74) is 2.20. The van der Waals surface area contributed by atoms with Crippen LogP contribution in [0, 0.1) is 5.82 Å². The molecule has 0 aliphatic heterocycles. The average molecular weight is 430 g/mol. The average Bonchev–Trinajstić information content (AvgIpc) is 3.19. The third-order valence-electron chi connectivity index (χ3n) is 4.34. The van der Waals surface area contributed by atoms with Gasteiger partial charge in [-0.25, -0.2) is 9.07 Å². The maximum absolute atomic E-state index is 13.9. The number of aromatic nitrogens is 2. The molecule has 156 valence electrons. The van der Waals surface area contributed by atoms with Crippen LogP contribution in [0.15, 0.2) is 54.9 Å². The summed E-state index contributed by atoms with van der Waals surface area (Å²) in [6.07, 6.45) is 3.38. The normalized spacial score (nSPS) is 10.5. The summed E-state index contributed by atoms with van der Waals surface area (Å²) < 4.78 is 15.4. The van der Waals surface area contributed by atoms with E-state index in [9.17, 15) is 14.0 Å². The minimum Gasteiger partial charge on any atom is -0.381 e. The molecule has 0 aliphatic rings. The maximum atomic E-state index is 13.9. The van der Waals surface area contributed by atoms with Crippen LogP contribution < -0.4 is 10.6 Å². The summed E-state index contributed by atoms with van der Waals surface area (Å²) in [4.78, 5) is 25.2. The lowest BCUT2D eigenvalue weighted by atomic mass is 10.2. The quantitative estimate of drug-likeness (QED) is 0.605. The highest BCUT2D eigenvalue weighted by molar-refractivity contribution is 6.34. The molecule has 1 aromatic heterocycles. The van der Waals surface area contributed by atoms with Gasteiger partial charge in [-0.2, -0.15) is 5.10 Å². The lowest BCUT2D eigenvalue weighted by molar-refractivity contribution is -0.127. The van der Waals surface area contributed by atoms with Crippen LogP contribution in [0.5, 0.6) is 0 Å². The van der Waals surface area contributed by atoms with Crippen LogP contribution in [-0.4, -0.2) is 47.1 Å². The van der Waals surface area contributed by atoms with Gasteiger partial charge in [0.15, 0.2) is 0 Å². The predicted octanol–water partition coefficient (Wildman–Crippen LogP) is 3.09. The van der Waals surface area contributed by atoms with E-state index in [0.29, 0.717) is 17.9 Å². The molecule has 2 aromatic carbocycles. The van der Waals surface area contributed by atoms with Crippen molar-refractivity contribution in [3.8, 4) is 5.69 Å². The first-order chi connectivity index (χ1) is 14.3. The number of carbonyl (C=O) groups is 2. The van der Waals surface area contributed by atoms with Crippen LogP contribution in [-0.2, 0) is 11.3 Å². The lowest BCUT2D eigenvalue weighted by Gasteiger charge is -2.12. The minimum absolute atomic E-state index is 0.103. The number of halogens is 2. The lowest BCUT2D eigenvalue weighted by Crippen LogP contribution is -2.36. The Labute approximate surface area is 178 Å². The number of nitrogens with zero attached hydrogens (tertiary/aromatic N) is 3. The largest absolute Gasteiger partial charge is 0.381 e. The number of benzene rings is 2. The monoisotopic (exact) mass is 429 g/mol. The summed E-state index contributed by atoms with van der Waals surface area (Å²) in [5.74, 6) is -0.991. The van der Waals surface area contributed by atoms with Gasteiger partial charge in [0, 0.05) is 38.1 Å². The second kappa shape index (κ2) is 9.41. The molecule has 0 bridgehead atoms. The van der Waals surface area contributed by atoms with E-state index in [1.54, 1.807) is 62.9 Å². The highest BCUT2D eigenvalue weighted by atomic mass is 35.5. The summed E-state index contributed by atoms with van der Waals surface area (Å²) in [5, 5.41) is 10.2. The zero-order valence-electron chi connectivity index (χ0n) is 16.5. The van der Waals surface area contributed by atoms with Crippen LogP contribution in [0.1, 0.15) is 15.9 Å². The zero-order chi connectivity index (χ0) is 21.7. The highest BCUT2D eigenvalue weighted by Crippen LogP contribution is 2.22. The van der Waals surface area contributed by atoms with Gasteiger partial charge in [-0.05, 0) is 30.3 Å². The smallest absolute Gasteiger partial charge is 0.253 e. The molecule has 0 unspecified atom stereocenters. The van der Waals surface area contributed by atoms with Crippen molar-refractivity contribution in [3.63, 3.8) is 0 Å². The van der Waals surface area contributed by atoms with Gasteiger partial charge >= 0.3 is 0 Å². The zero-order valence-corrected chi connectivity index (χ0v) is 17.3. The molecule has 3 rings (SSSR count). The van der Waals surface area contributed by atoms with Crippen molar-refractivity contribution in [2.24, 2.45) is 0 Å². The maximum Gasteiger partial charge on any atom is 0.253 e. The van der Waals surface area contributed by atoms with E-state index in [0.717, 1.165) is 5.56 Å². The van der Waals surface area contributed by atoms with Crippen LogP contribution >= 0.6 is 11.6 Å². The van der Waals surface area contributed by atoms with E-state index >= 15 is 0 Å². The highest BCUT2D eigenvalue weighted by Gasteiger charge is 2.13. The van der Waals surface area contributed by atoms with Crippen molar-refractivity contribution >= 4 is 29.1 Å². The molecule has 0 aliphatic carbocycles. The molecule has 3 aromatic rings. The molecule has 1 heterocycles. The topological polar surface area (TPSA) is 79.3 Å². The van der Waals surface area contributed by atoms with E-state index in [1.807, 2.05) is 0 Å². The third kappa shape index (κ3) is 5.15. The van der Waals surface area contributed by atoms with Crippen molar-refractivity contribution in [2.45, 2.75) is 6.54 Å². The second-order valence-electron chi connectivity index (χ2n) is 6.76. The molecule has 0 saturated heterocycles. The fourth-order valence-electron chi connectivity index (χ4n) is 2.64. The molecule has 0 atom stereocenters. The Kier molecular flexibility index (Phi) is 6.68. The number of amides is 2. The first kappa shape index (κ1) is 21.3. The molecule has 0 fully saturated rings. The number of anilines is 1. The summed E-state index contributed by atoms with van der Waals surface area (Å²) in [7, 11) is 3.23. The van der Waals surface area contributed by atoms with Crippen LogP contribution in [0.25, 0.3) is 5.69 Å². The van der Waals surface area contributed by atoms with E-state index in [-0.39, 0.29) is 28.9 Å². The van der Waals surface area contributed by atoms with Gasteiger partial charge in [0.25, 0.3) is 5.91 Å². The second-order valence-corrected chi connectivity index (χ2v) is 7.17. The molecule has 2 amide bonds. The molecule has 30 heavy (non-hydrogen) atoms. The van der Waals surface area contributed by atoms with Crippen LogP contribution in [0.4, 0.5) is 10.1 Å². The van der Waals surface area contributed by atoms with Crippen molar-refractivity contribution in [2.75, 3.05) is 26.0 Å². The standard InChI is InChI=1S/C21H21ClFN5O2/c1-27(2)20(29)12-25-21(30)16-8-7-15(9-17(16)22)24-10-14-11-26-28(13-14)19-6-4-3-5-18(19)23/h3-9,11,13,24H,10,12H2,1-2H3,(H,25,30). The Morgan fingerprint density at radius 2 is 1.97 bits per heavy atom. The molecule has 9 heteroatoms. The first-order valence-electron chi connectivity index (χ1n) is 9.15. The van der Waals surface area contributed by atoms with Gasteiger partial charge in [-0.15, -0.1) is 0 Å². The van der Waals surface area contributed by atoms with Crippen LogP contribution in [0.3, 0.4) is 0 Å². The van der Waals surface area contributed by atoms with Crippen molar-refractivity contribution in [1.29, 1.82) is 0 Å². The molecular formula is C21H21ClFN5O2. The first-order valence-corrected chi connectivity index (χ1v) is 9.53. The predicted molar refractivity (Wildman–Crippen MR) is 113 cm³/mol. The summed E-state index contributed by atoms with van der Waals surface area (Å²) in [6, 6.07) is 11.3. The number of hydrogen-bond acceptors (Lipinski definition) is 4. The Balaban J connectivity index is 1.61. The van der Waals surface area contributed by atoms with E-state index in [4.69, 9.17) is 11.6 Å². The Bertz CT molecular complexity index is 1070. The summed E-state index contributed by atoms with van der Waals surface area (Å²) in [6.45, 7) is 0.335. The van der Waals surface area contributed by atoms with Gasteiger partial charge in [0.1, 0.15) is 11.5 Å². The van der Waals surface area contributed by atoms with Crippen molar-refractivity contribution in [3.05, 3.63) is 76.8 Å². The molecular weight excluding hydrogens is 409 g/mol. The molecule has 0 spiro atoms. The van der Waals surface area contributed by atoms with E-state index in [2.05, 4.69) is 15.7 Å². The summed E-state index contributed by atoms with van der Waals surface area (Å²) >= 11 is 6.23. The van der Waals surface area contributed by atoms with Gasteiger partial charge in [0.2, 0.25) is 5.91 Å². The van der Waals surface area contributed by atoms with Gasteiger partial charge < -0.3 is 15.5 Å². The van der Waals surface area contributed by atoms with Crippen LogP contribution in [0.2, 0.25) is 5.02 Å². The number of likely N-dealkylation sites (N-methyl/N-ethyl adjacent to an activating group) is 1. The number of carbonyl (C=O) groups excluding carboxylic acids is 2. The van der Waals surface area contributed by atoms with E-state index in [1.165, 1.54) is 15.6 Å².